The van der Waals surface area contributed by atoms with Gasteiger partial charge in [0.2, 0.25) is 10.0 Å². The molecule has 4 aromatic rings. The molecule has 1 saturated heterocycles. The summed E-state index contributed by atoms with van der Waals surface area (Å²) in [6.07, 6.45) is 5.72. The van der Waals surface area contributed by atoms with Crippen LogP contribution >= 0.6 is 11.9 Å². The third-order valence-electron chi connectivity index (χ3n) is 7.46. The number of furan rings is 1. The zero-order valence-corrected chi connectivity index (χ0v) is 24.3. The van der Waals surface area contributed by atoms with E-state index in [-0.39, 0.29) is 17.5 Å². The van der Waals surface area contributed by atoms with Gasteiger partial charge in [-0.2, -0.15) is 0 Å². The number of anilines is 1. The summed E-state index contributed by atoms with van der Waals surface area (Å²) in [4.78, 5) is 3.99. The zero-order chi connectivity index (χ0) is 28.4. The van der Waals surface area contributed by atoms with Gasteiger partial charge in [-0.05, 0) is 79.4 Å². The Morgan fingerprint density at radius 3 is 2.62 bits per heavy atom. The Labute approximate surface area is 238 Å². The number of aromatic nitrogens is 1. The van der Waals surface area contributed by atoms with Crippen LogP contribution in [-0.2, 0) is 15.8 Å². The van der Waals surface area contributed by atoms with Crippen molar-refractivity contribution < 1.29 is 22.3 Å². The van der Waals surface area contributed by atoms with Crippen molar-refractivity contribution in [3.05, 3.63) is 83.4 Å². The van der Waals surface area contributed by atoms with E-state index in [4.69, 9.17) is 4.42 Å². The van der Waals surface area contributed by atoms with E-state index < -0.39 is 16.3 Å². The Balaban J connectivity index is 1.58. The summed E-state index contributed by atoms with van der Waals surface area (Å²) < 4.78 is 50.4. The lowest BCUT2D eigenvalue weighted by molar-refractivity contribution is 0.150. The van der Waals surface area contributed by atoms with E-state index in [1.165, 1.54) is 12.1 Å². The van der Waals surface area contributed by atoms with Crippen molar-refractivity contribution >= 4 is 38.6 Å². The number of halogens is 1. The molecule has 0 amide bonds. The van der Waals surface area contributed by atoms with E-state index in [2.05, 4.69) is 10.3 Å². The van der Waals surface area contributed by atoms with Gasteiger partial charge in [0.25, 0.3) is 0 Å². The highest BCUT2D eigenvalue weighted by Crippen LogP contribution is 2.44. The number of fused-ring (bicyclic) bond motifs is 1. The molecule has 2 N–H and O–H groups in total. The van der Waals surface area contributed by atoms with Crippen molar-refractivity contribution in [2.45, 2.75) is 30.7 Å². The molecule has 0 bridgehead atoms. The van der Waals surface area contributed by atoms with E-state index in [0.717, 1.165) is 29.5 Å². The summed E-state index contributed by atoms with van der Waals surface area (Å²) in [5, 5.41) is 14.6. The molecule has 0 spiro atoms. The normalized spacial score (nSPS) is 17.3. The summed E-state index contributed by atoms with van der Waals surface area (Å²) in [6.45, 7) is 0.838. The number of aliphatic hydroxyl groups excluding tert-OH is 1. The molecule has 40 heavy (non-hydrogen) atoms. The molecule has 212 valence electrons. The maximum Gasteiger partial charge on any atom is 0.218 e. The monoisotopic (exact) mass is 584 g/mol. The van der Waals surface area contributed by atoms with E-state index in [9.17, 15) is 17.9 Å². The molecule has 1 fully saturated rings. The second-order valence-corrected chi connectivity index (χ2v) is 12.8. The number of pyridine rings is 1. The maximum atomic E-state index is 13.7. The van der Waals surface area contributed by atoms with E-state index in [1.54, 1.807) is 60.0 Å². The van der Waals surface area contributed by atoms with Crippen molar-refractivity contribution in [3.8, 4) is 11.3 Å². The molecule has 0 aliphatic carbocycles. The third kappa shape index (κ3) is 5.75. The van der Waals surface area contributed by atoms with Crippen LogP contribution in [0.5, 0.6) is 0 Å². The number of hydrogen-bond acceptors (Lipinski definition) is 8. The number of hydrogen-bond donors (Lipinski definition) is 2. The summed E-state index contributed by atoms with van der Waals surface area (Å²) in [7, 11) is 0.0839. The number of aliphatic hydroxyl groups is 1. The fourth-order valence-electron chi connectivity index (χ4n) is 5.33. The fourth-order valence-corrected chi connectivity index (χ4v) is 7.29. The van der Waals surface area contributed by atoms with Gasteiger partial charge < -0.3 is 13.8 Å². The molecule has 3 heterocycles. The molecule has 1 aliphatic heterocycles. The molecule has 0 radical (unpaired) electrons. The van der Waals surface area contributed by atoms with Crippen molar-refractivity contribution in [3.63, 3.8) is 0 Å². The van der Waals surface area contributed by atoms with Gasteiger partial charge in [-0.1, -0.05) is 11.9 Å². The van der Waals surface area contributed by atoms with Gasteiger partial charge in [-0.3, -0.25) is 10.3 Å². The minimum atomic E-state index is -3.53. The van der Waals surface area contributed by atoms with Gasteiger partial charge in [0.15, 0.2) is 0 Å². The van der Waals surface area contributed by atoms with Crippen LogP contribution in [0.3, 0.4) is 0 Å². The number of rotatable bonds is 9. The zero-order valence-electron chi connectivity index (χ0n) is 22.7. The Morgan fingerprint density at radius 1 is 1.23 bits per heavy atom. The first-order valence-electron chi connectivity index (χ1n) is 13.1. The quantitative estimate of drug-likeness (QED) is 0.203. The number of nitrogens with one attached hydrogen (secondary N) is 1. The lowest BCUT2D eigenvalue weighted by Gasteiger charge is -2.34. The lowest BCUT2D eigenvalue weighted by atomic mass is 9.89. The molecule has 2 atom stereocenters. The highest BCUT2D eigenvalue weighted by Gasteiger charge is 2.33. The number of sulfonamides is 1. The largest absolute Gasteiger partial charge is 0.456 e. The Kier molecular flexibility index (Phi) is 8.48. The molecule has 5 rings (SSSR count). The topological polar surface area (TPSA) is 98.9 Å². The summed E-state index contributed by atoms with van der Waals surface area (Å²) >= 11 is 1.54. The van der Waals surface area contributed by atoms with Gasteiger partial charge in [-0.25, -0.2) is 17.1 Å². The maximum absolute atomic E-state index is 13.7. The van der Waals surface area contributed by atoms with Crippen molar-refractivity contribution in [2.24, 2.45) is 0 Å². The molecule has 0 saturated carbocycles. The number of benzene rings is 2. The standard InChI is InChI=1S/C29H33FN4O4S2/c1-31-29(35)27-24-15-23(21-5-4-14-34(17-21)40(36,37)18-19-10-12-32-13-11-19)25(33(2)39-3)16-26(24)38-28(27)20-6-8-22(30)9-7-20/h6-13,15-16,21,29,31,35H,4-5,14,17-18H2,1-3H3/t21-,29?/m1/s1. The molecule has 2 aromatic heterocycles. The van der Waals surface area contributed by atoms with E-state index in [1.807, 2.05) is 29.7 Å². The second kappa shape index (κ2) is 11.9. The fraction of sp³-hybridized carbons (Fsp3) is 0.345. The first-order chi connectivity index (χ1) is 19.2. The highest BCUT2D eigenvalue weighted by molar-refractivity contribution is 7.99. The van der Waals surface area contributed by atoms with Crippen molar-refractivity contribution in [1.82, 2.24) is 14.6 Å². The first kappa shape index (κ1) is 28.6. The minimum absolute atomic E-state index is 0.0567. The summed E-state index contributed by atoms with van der Waals surface area (Å²) in [5.41, 5.74) is 4.41. The van der Waals surface area contributed by atoms with Gasteiger partial charge >= 0.3 is 0 Å². The SMILES string of the molecule is CNC(O)c1c(-c2ccc(F)cc2)oc2cc(N(C)SC)c([C@@H]3CCCN(S(=O)(=O)Cc4ccncc4)C3)cc12. The van der Waals surface area contributed by atoms with Gasteiger partial charge in [0.05, 0.1) is 11.4 Å². The predicted octanol–water partition coefficient (Wildman–Crippen LogP) is 5.27. The average Bonchev–Trinajstić information content (AvgIpc) is 3.35. The first-order valence-corrected chi connectivity index (χ1v) is 15.9. The Morgan fingerprint density at radius 2 is 1.95 bits per heavy atom. The number of piperidine rings is 1. The molecular weight excluding hydrogens is 551 g/mol. The van der Waals surface area contributed by atoms with Crippen LogP contribution in [0.2, 0.25) is 0 Å². The van der Waals surface area contributed by atoms with Crippen LogP contribution in [-0.4, -0.2) is 56.3 Å². The highest BCUT2D eigenvalue weighted by atomic mass is 32.2. The van der Waals surface area contributed by atoms with Crippen LogP contribution in [0.25, 0.3) is 22.3 Å². The molecular formula is C29H33FN4O4S2. The van der Waals surface area contributed by atoms with Crippen LogP contribution in [0.4, 0.5) is 10.1 Å². The van der Waals surface area contributed by atoms with Crippen LogP contribution < -0.4 is 9.62 Å². The predicted molar refractivity (Wildman–Crippen MR) is 158 cm³/mol. The molecule has 11 heteroatoms. The second-order valence-electron chi connectivity index (χ2n) is 9.94. The summed E-state index contributed by atoms with van der Waals surface area (Å²) in [5.74, 6) is -0.0294. The van der Waals surface area contributed by atoms with E-state index in [0.29, 0.717) is 41.1 Å². The van der Waals surface area contributed by atoms with E-state index >= 15 is 0 Å². The van der Waals surface area contributed by atoms with Crippen molar-refractivity contribution in [2.75, 3.05) is 37.7 Å². The van der Waals surface area contributed by atoms with Gasteiger partial charge in [0.1, 0.15) is 23.4 Å². The van der Waals surface area contributed by atoms with Crippen LogP contribution in [0.1, 0.15) is 41.7 Å². The number of nitrogens with zero attached hydrogens (tertiary/aromatic N) is 3. The third-order valence-corrected chi connectivity index (χ3v) is 10.0. The molecule has 2 aromatic carbocycles. The summed E-state index contributed by atoms with van der Waals surface area (Å²) in [6, 6.07) is 13.4. The van der Waals surface area contributed by atoms with Gasteiger partial charge in [0, 0.05) is 61.4 Å². The molecule has 1 unspecified atom stereocenters. The van der Waals surface area contributed by atoms with Crippen molar-refractivity contribution in [1.29, 1.82) is 0 Å². The van der Waals surface area contributed by atoms with Gasteiger partial charge in [-0.15, -0.1) is 0 Å². The lowest BCUT2D eigenvalue weighted by Crippen LogP contribution is -2.40. The minimum Gasteiger partial charge on any atom is -0.456 e. The van der Waals surface area contributed by atoms with Crippen LogP contribution in [0.15, 0.2) is 65.3 Å². The molecule has 8 nitrogen and oxygen atoms in total. The smallest absolute Gasteiger partial charge is 0.218 e. The average molecular weight is 585 g/mol. The van der Waals surface area contributed by atoms with Crippen LogP contribution in [0, 0.1) is 5.82 Å². The Bertz CT molecular complexity index is 1580. The molecule has 1 aliphatic rings. The Hall–Kier alpha value is -2.96.